The van der Waals surface area contributed by atoms with Crippen molar-refractivity contribution in [2.45, 2.75) is 37.0 Å². The van der Waals surface area contributed by atoms with E-state index >= 15 is 0 Å². The van der Waals surface area contributed by atoms with Crippen molar-refractivity contribution in [3.63, 3.8) is 0 Å². The van der Waals surface area contributed by atoms with Crippen molar-refractivity contribution in [1.82, 2.24) is 19.5 Å². The zero-order chi connectivity index (χ0) is 25.2. The van der Waals surface area contributed by atoms with E-state index in [2.05, 4.69) is 20.3 Å². The molecule has 0 saturated carbocycles. The monoisotopic (exact) mass is 510 g/mol. The molecule has 0 amide bonds. The molecule has 36 heavy (non-hydrogen) atoms. The summed E-state index contributed by atoms with van der Waals surface area (Å²) in [5.74, 6) is 0.318. The van der Waals surface area contributed by atoms with Gasteiger partial charge in [0.25, 0.3) is 0 Å². The molecule has 0 radical (unpaired) electrons. The molecule has 1 aliphatic heterocycles. The molecule has 1 saturated heterocycles. The highest BCUT2D eigenvalue weighted by atomic mass is 32.2. The molecule has 3 heterocycles. The number of carboxylic acid groups (broad SMARTS) is 1. The highest BCUT2D eigenvalue weighted by molar-refractivity contribution is 7.99. The Morgan fingerprint density at radius 3 is 2.78 bits per heavy atom. The van der Waals surface area contributed by atoms with Gasteiger partial charge in [0.1, 0.15) is 24.6 Å². The standard InChI is InChI=1S/C24H26N6O5S/c25-15(24(33)34)8-9-36-10-17-19(31)20(32)23(35-17)30-12-28-18-21(26-11-27-22(18)30)29-16-7-3-5-13-4-1-2-6-14(13)16/h1-7,11-12,15,17,19-20,23,31-32H,8-10,25H2,(H,33,34)(H,26,27,29)/t15-,17+,19+,20+,23+/m0/s1. The number of rotatable bonds is 9. The van der Waals surface area contributed by atoms with Crippen LogP contribution in [0, 0.1) is 0 Å². The van der Waals surface area contributed by atoms with Crippen molar-refractivity contribution in [3.8, 4) is 0 Å². The maximum Gasteiger partial charge on any atom is 0.320 e. The fraction of sp³-hybridized carbons (Fsp3) is 0.333. The molecule has 12 heteroatoms. The highest BCUT2D eigenvalue weighted by Gasteiger charge is 2.44. The van der Waals surface area contributed by atoms with Gasteiger partial charge in [-0.25, -0.2) is 15.0 Å². The van der Waals surface area contributed by atoms with Gasteiger partial charge in [0.15, 0.2) is 23.2 Å². The molecule has 6 N–H and O–H groups in total. The lowest BCUT2D eigenvalue weighted by Gasteiger charge is -2.16. The number of ether oxygens (including phenoxy) is 1. The number of hydrogen-bond donors (Lipinski definition) is 5. The molecular formula is C24H26N6O5S. The smallest absolute Gasteiger partial charge is 0.320 e. The summed E-state index contributed by atoms with van der Waals surface area (Å²) >= 11 is 1.41. The first kappa shape index (κ1) is 24.4. The van der Waals surface area contributed by atoms with E-state index in [-0.39, 0.29) is 0 Å². The molecule has 4 aromatic rings. The zero-order valence-electron chi connectivity index (χ0n) is 19.1. The summed E-state index contributed by atoms with van der Waals surface area (Å²) in [7, 11) is 0. The summed E-state index contributed by atoms with van der Waals surface area (Å²) < 4.78 is 7.57. The number of aliphatic carboxylic acids is 1. The molecule has 1 fully saturated rings. The van der Waals surface area contributed by atoms with Crippen molar-refractivity contribution in [1.29, 1.82) is 0 Å². The van der Waals surface area contributed by atoms with E-state index in [0.717, 1.165) is 16.5 Å². The Morgan fingerprint density at radius 2 is 1.94 bits per heavy atom. The van der Waals surface area contributed by atoms with Crippen LogP contribution in [0.15, 0.2) is 55.1 Å². The molecule has 0 spiro atoms. The Morgan fingerprint density at radius 1 is 1.14 bits per heavy atom. The highest BCUT2D eigenvalue weighted by Crippen LogP contribution is 2.34. The lowest BCUT2D eigenvalue weighted by atomic mass is 10.1. The van der Waals surface area contributed by atoms with Crippen LogP contribution in [-0.2, 0) is 9.53 Å². The molecule has 188 valence electrons. The van der Waals surface area contributed by atoms with Crippen molar-refractivity contribution in [2.24, 2.45) is 5.73 Å². The number of fused-ring (bicyclic) bond motifs is 2. The van der Waals surface area contributed by atoms with Crippen LogP contribution < -0.4 is 11.1 Å². The lowest BCUT2D eigenvalue weighted by Crippen LogP contribution is -2.33. The first-order valence-corrected chi connectivity index (χ1v) is 12.6. The van der Waals surface area contributed by atoms with Crippen LogP contribution in [0.4, 0.5) is 11.5 Å². The van der Waals surface area contributed by atoms with Crippen LogP contribution >= 0.6 is 11.8 Å². The Balaban J connectivity index is 1.33. The van der Waals surface area contributed by atoms with Gasteiger partial charge in [-0.15, -0.1) is 0 Å². The number of thioether (sulfide) groups is 1. The average Bonchev–Trinajstić information content (AvgIpc) is 3.43. The molecule has 1 aliphatic rings. The second-order valence-corrected chi connectivity index (χ2v) is 9.70. The van der Waals surface area contributed by atoms with E-state index in [1.165, 1.54) is 24.4 Å². The normalized spacial score (nSPS) is 22.8. The second kappa shape index (κ2) is 10.4. The predicted molar refractivity (Wildman–Crippen MR) is 136 cm³/mol. The minimum Gasteiger partial charge on any atom is -0.480 e. The lowest BCUT2D eigenvalue weighted by molar-refractivity contribution is -0.138. The Bertz CT molecular complexity index is 1380. The van der Waals surface area contributed by atoms with Gasteiger partial charge in [-0.2, -0.15) is 11.8 Å². The summed E-state index contributed by atoms with van der Waals surface area (Å²) in [6.07, 6.45) is -0.646. The molecule has 5 atom stereocenters. The number of nitrogens with zero attached hydrogens (tertiary/aromatic N) is 4. The summed E-state index contributed by atoms with van der Waals surface area (Å²) in [6.45, 7) is 0. The van der Waals surface area contributed by atoms with E-state index in [9.17, 15) is 15.0 Å². The van der Waals surface area contributed by atoms with Crippen LogP contribution in [0.5, 0.6) is 0 Å². The number of carboxylic acids is 1. The minimum absolute atomic E-state index is 0.296. The number of hydrogen-bond acceptors (Lipinski definition) is 10. The van der Waals surface area contributed by atoms with Gasteiger partial charge < -0.3 is 31.1 Å². The van der Waals surface area contributed by atoms with Crippen LogP contribution in [0.3, 0.4) is 0 Å². The third-order valence-corrected chi connectivity index (χ3v) is 7.27. The van der Waals surface area contributed by atoms with Crippen molar-refractivity contribution < 1.29 is 24.9 Å². The van der Waals surface area contributed by atoms with E-state index < -0.39 is 36.6 Å². The van der Waals surface area contributed by atoms with Gasteiger partial charge in [0.2, 0.25) is 0 Å². The molecule has 0 unspecified atom stereocenters. The molecule has 5 rings (SSSR count). The fourth-order valence-corrected chi connectivity index (χ4v) is 5.32. The first-order valence-electron chi connectivity index (χ1n) is 11.4. The summed E-state index contributed by atoms with van der Waals surface area (Å²) in [4.78, 5) is 24.0. The third kappa shape index (κ3) is 4.73. The summed E-state index contributed by atoms with van der Waals surface area (Å²) in [5, 5.41) is 35.6. The molecular weight excluding hydrogens is 484 g/mol. The van der Waals surface area contributed by atoms with Gasteiger partial charge in [0, 0.05) is 16.8 Å². The summed E-state index contributed by atoms with van der Waals surface area (Å²) in [5.41, 5.74) is 7.34. The molecule has 0 bridgehead atoms. The number of benzene rings is 2. The number of aromatic nitrogens is 4. The number of aliphatic hydroxyl groups is 2. The van der Waals surface area contributed by atoms with Crippen molar-refractivity contribution in [3.05, 3.63) is 55.1 Å². The van der Waals surface area contributed by atoms with Crippen LogP contribution in [0.1, 0.15) is 12.6 Å². The Hall–Kier alpha value is -3.29. The van der Waals surface area contributed by atoms with E-state index in [4.69, 9.17) is 15.6 Å². The maximum atomic E-state index is 10.9. The Labute approximate surface area is 210 Å². The Kier molecular flexibility index (Phi) is 7.03. The zero-order valence-corrected chi connectivity index (χ0v) is 20.0. The topological polar surface area (TPSA) is 169 Å². The second-order valence-electron chi connectivity index (χ2n) is 8.55. The van der Waals surface area contributed by atoms with Gasteiger partial charge in [-0.05, 0) is 23.6 Å². The number of anilines is 2. The van der Waals surface area contributed by atoms with Crippen molar-refractivity contribution in [2.75, 3.05) is 16.8 Å². The van der Waals surface area contributed by atoms with E-state index in [1.54, 1.807) is 4.57 Å². The van der Waals surface area contributed by atoms with Gasteiger partial charge >= 0.3 is 5.97 Å². The number of nitrogens with two attached hydrogens (primary N) is 1. The number of imidazole rings is 1. The third-order valence-electron chi connectivity index (χ3n) is 6.19. The maximum absolute atomic E-state index is 10.9. The largest absolute Gasteiger partial charge is 0.480 e. The van der Waals surface area contributed by atoms with Crippen LogP contribution in [0.2, 0.25) is 0 Å². The van der Waals surface area contributed by atoms with Crippen LogP contribution in [-0.4, -0.2) is 76.7 Å². The van der Waals surface area contributed by atoms with Gasteiger partial charge in [-0.1, -0.05) is 36.4 Å². The number of nitrogens with one attached hydrogen (secondary N) is 1. The molecule has 2 aromatic heterocycles. The summed E-state index contributed by atoms with van der Waals surface area (Å²) in [6, 6.07) is 13.0. The average molecular weight is 511 g/mol. The predicted octanol–water partition coefficient (Wildman–Crippen LogP) is 1.88. The van der Waals surface area contributed by atoms with Crippen molar-refractivity contribution >= 4 is 51.2 Å². The minimum atomic E-state index is -1.20. The van der Waals surface area contributed by atoms with E-state index in [0.29, 0.717) is 34.9 Å². The van der Waals surface area contributed by atoms with E-state index in [1.807, 2.05) is 42.5 Å². The van der Waals surface area contributed by atoms with Gasteiger partial charge in [-0.3, -0.25) is 9.36 Å². The number of carbonyl (C=O) groups is 1. The molecule has 2 aromatic carbocycles. The van der Waals surface area contributed by atoms with Gasteiger partial charge in [0.05, 0.1) is 12.4 Å². The van der Waals surface area contributed by atoms with Crippen LogP contribution in [0.25, 0.3) is 21.9 Å². The fourth-order valence-electron chi connectivity index (χ4n) is 4.22. The quantitative estimate of drug-likeness (QED) is 0.208. The SMILES string of the molecule is N[C@@H](CCSC[C@H]1O[C@@H](n2cnc3c(Nc4cccc5ccccc45)ncnc32)[C@H](O)[C@@H]1O)C(=O)O. The molecule has 11 nitrogen and oxygen atoms in total. The number of aliphatic hydroxyl groups excluding tert-OH is 2. The molecule has 0 aliphatic carbocycles. The first-order chi connectivity index (χ1) is 17.4.